The summed E-state index contributed by atoms with van der Waals surface area (Å²) < 4.78 is 1.64. The first kappa shape index (κ1) is 20.5. The summed E-state index contributed by atoms with van der Waals surface area (Å²) in [7, 11) is 0. The van der Waals surface area contributed by atoms with Gasteiger partial charge in [0.2, 0.25) is 0 Å². The Hall–Kier alpha value is -3.73. The number of hydrogen-bond acceptors (Lipinski definition) is 4. The van der Waals surface area contributed by atoms with E-state index in [1.54, 1.807) is 16.8 Å². The van der Waals surface area contributed by atoms with Crippen molar-refractivity contribution >= 4 is 29.6 Å². The number of aryl methyl sites for hydroxylation is 2. The van der Waals surface area contributed by atoms with Crippen LogP contribution in [0.2, 0.25) is 0 Å². The Bertz CT molecular complexity index is 1250. The number of fused-ring (bicyclic) bond motifs is 1. The van der Waals surface area contributed by atoms with Crippen LogP contribution in [0, 0.1) is 13.8 Å². The summed E-state index contributed by atoms with van der Waals surface area (Å²) in [4.78, 5) is 22.4. The summed E-state index contributed by atoms with van der Waals surface area (Å²) in [6.07, 6.45) is 4.03. The maximum absolute atomic E-state index is 12.9. The van der Waals surface area contributed by atoms with Crippen LogP contribution >= 0.6 is 0 Å². The van der Waals surface area contributed by atoms with E-state index in [2.05, 4.69) is 31.0 Å². The van der Waals surface area contributed by atoms with Gasteiger partial charge in [-0.05, 0) is 60.2 Å². The van der Waals surface area contributed by atoms with Crippen LogP contribution in [-0.2, 0) is 6.42 Å². The van der Waals surface area contributed by atoms with Gasteiger partial charge in [-0.15, -0.1) is 0 Å². The number of nitrogens with zero attached hydrogens (tertiary/aromatic N) is 3. The molecule has 156 valence electrons. The number of rotatable bonds is 4. The minimum Gasteiger partial charge on any atom is -0.339 e. The molecule has 1 aliphatic heterocycles. The van der Waals surface area contributed by atoms with E-state index in [4.69, 9.17) is 9.98 Å². The quantitative estimate of drug-likeness (QED) is 0.622. The second-order valence-electron chi connectivity index (χ2n) is 7.69. The molecule has 2 aromatic carbocycles. The Balaban J connectivity index is 1.81. The lowest BCUT2D eigenvalue weighted by molar-refractivity contribution is 0.599. The minimum absolute atomic E-state index is 0.119. The highest BCUT2D eigenvalue weighted by Gasteiger charge is 2.20. The number of aliphatic imine (C=N–C) groups is 2. The van der Waals surface area contributed by atoms with Crippen molar-refractivity contribution < 1.29 is 0 Å². The Morgan fingerprint density at radius 1 is 1.13 bits per heavy atom. The third-order valence-electron chi connectivity index (χ3n) is 5.55. The van der Waals surface area contributed by atoms with Gasteiger partial charge in [-0.3, -0.25) is 14.4 Å². The second kappa shape index (κ2) is 8.56. The zero-order valence-corrected chi connectivity index (χ0v) is 18.1. The van der Waals surface area contributed by atoms with E-state index in [1.165, 1.54) is 5.56 Å². The lowest BCUT2D eigenvalue weighted by atomic mass is 10.1. The molecule has 1 aliphatic rings. The highest BCUT2D eigenvalue weighted by Crippen LogP contribution is 2.27. The Kier molecular flexibility index (Phi) is 5.67. The van der Waals surface area contributed by atoms with Crippen molar-refractivity contribution in [1.82, 2.24) is 4.57 Å². The number of benzene rings is 2. The van der Waals surface area contributed by atoms with Crippen LogP contribution in [0.3, 0.4) is 0 Å². The van der Waals surface area contributed by atoms with Gasteiger partial charge >= 0.3 is 0 Å². The summed E-state index contributed by atoms with van der Waals surface area (Å²) in [6.45, 7) is 9.94. The largest absolute Gasteiger partial charge is 0.339 e. The molecular formula is C26H26N4O. The molecule has 0 saturated heterocycles. The molecule has 0 aliphatic carbocycles. The molecule has 2 heterocycles. The van der Waals surface area contributed by atoms with Crippen LogP contribution in [-0.4, -0.2) is 16.6 Å². The van der Waals surface area contributed by atoms with Crippen LogP contribution in [0.5, 0.6) is 0 Å². The summed E-state index contributed by atoms with van der Waals surface area (Å²) in [6, 6.07) is 17.8. The molecule has 31 heavy (non-hydrogen) atoms. The van der Waals surface area contributed by atoms with Crippen molar-refractivity contribution in [2.75, 3.05) is 5.32 Å². The predicted octanol–water partition coefficient (Wildman–Crippen LogP) is 5.44. The third kappa shape index (κ3) is 4.12. The van der Waals surface area contributed by atoms with E-state index in [-0.39, 0.29) is 5.56 Å². The van der Waals surface area contributed by atoms with Crippen LogP contribution in [0.25, 0.3) is 6.08 Å². The monoisotopic (exact) mass is 410 g/mol. The molecule has 1 aromatic heterocycles. The third-order valence-corrected chi connectivity index (χ3v) is 5.55. The molecule has 5 nitrogen and oxygen atoms in total. The molecule has 0 fully saturated rings. The van der Waals surface area contributed by atoms with Gasteiger partial charge in [0.05, 0.1) is 6.21 Å². The van der Waals surface area contributed by atoms with Gasteiger partial charge in [-0.2, -0.15) is 0 Å². The number of nitrogens with one attached hydrogen (secondary N) is 1. The SMILES string of the molecule is C=Cc1cccc(NC2=Nc3cc(C)cc(=O)n3C(c3ccc(CC)cc3)N=C2)c1C. The van der Waals surface area contributed by atoms with Crippen molar-refractivity contribution in [1.29, 1.82) is 0 Å². The van der Waals surface area contributed by atoms with E-state index in [0.717, 1.165) is 34.4 Å². The molecule has 0 bridgehead atoms. The van der Waals surface area contributed by atoms with Gasteiger partial charge in [0.25, 0.3) is 5.56 Å². The highest BCUT2D eigenvalue weighted by molar-refractivity contribution is 6.35. The molecule has 0 saturated carbocycles. The lowest BCUT2D eigenvalue weighted by Gasteiger charge is -2.17. The zero-order chi connectivity index (χ0) is 22.0. The Morgan fingerprint density at radius 2 is 1.90 bits per heavy atom. The molecule has 0 spiro atoms. The second-order valence-corrected chi connectivity index (χ2v) is 7.69. The maximum atomic E-state index is 12.9. The highest BCUT2D eigenvalue weighted by atomic mass is 16.1. The normalized spacial score (nSPS) is 15.1. The first-order chi connectivity index (χ1) is 15.0. The standard InChI is InChI=1S/C26H26N4O/c1-5-19-10-12-21(13-11-19)26-27-16-23(28-22-9-7-8-20(6-2)18(22)4)29-24-14-17(3)15-25(31)30(24)26/h6-16,26H,2,5H2,1,3-4H3,(H,28,29). The molecule has 1 N–H and O–H groups in total. The summed E-state index contributed by atoms with van der Waals surface area (Å²) >= 11 is 0. The summed E-state index contributed by atoms with van der Waals surface area (Å²) in [5.41, 5.74) is 5.99. The minimum atomic E-state index is -0.474. The fourth-order valence-electron chi connectivity index (χ4n) is 3.75. The van der Waals surface area contributed by atoms with E-state index in [9.17, 15) is 4.79 Å². The Morgan fingerprint density at radius 3 is 2.61 bits per heavy atom. The predicted molar refractivity (Wildman–Crippen MR) is 130 cm³/mol. The Labute approximate surface area is 182 Å². The average Bonchev–Trinajstić information content (AvgIpc) is 2.94. The smallest absolute Gasteiger partial charge is 0.254 e. The van der Waals surface area contributed by atoms with Gasteiger partial charge in [-0.25, -0.2) is 4.99 Å². The van der Waals surface area contributed by atoms with Gasteiger partial charge in [0.15, 0.2) is 12.0 Å². The average molecular weight is 411 g/mol. The molecule has 1 unspecified atom stereocenters. The van der Waals surface area contributed by atoms with Gasteiger partial charge < -0.3 is 5.32 Å². The summed E-state index contributed by atoms with van der Waals surface area (Å²) in [5.74, 6) is 1.16. The van der Waals surface area contributed by atoms with E-state index in [1.807, 2.05) is 56.3 Å². The molecule has 3 aromatic rings. The topological polar surface area (TPSA) is 58.8 Å². The number of hydrogen-bond donors (Lipinski definition) is 1. The van der Waals surface area contributed by atoms with Gasteiger partial charge in [-0.1, -0.05) is 56.0 Å². The van der Waals surface area contributed by atoms with Crippen LogP contribution in [0.15, 0.2) is 76.0 Å². The lowest BCUT2D eigenvalue weighted by Crippen LogP contribution is -2.24. The first-order valence-corrected chi connectivity index (χ1v) is 10.4. The molecule has 1 atom stereocenters. The number of amidine groups is 1. The van der Waals surface area contributed by atoms with E-state index in [0.29, 0.717) is 11.7 Å². The molecule has 4 rings (SSSR count). The zero-order valence-electron chi connectivity index (χ0n) is 18.1. The number of pyridine rings is 1. The molecule has 0 amide bonds. The van der Waals surface area contributed by atoms with Crippen molar-refractivity contribution in [2.45, 2.75) is 33.4 Å². The van der Waals surface area contributed by atoms with Gasteiger partial charge in [0, 0.05) is 11.8 Å². The van der Waals surface area contributed by atoms with Gasteiger partial charge in [0.1, 0.15) is 5.82 Å². The van der Waals surface area contributed by atoms with Crippen LogP contribution in [0.1, 0.15) is 40.9 Å². The molecular weight excluding hydrogens is 384 g/mol. The molecule has 5 heteroatoms. The fourth-order valence-corrected chi connectivity index (χ4v) is 3.75. The fraction of sp³-hybridized carbons (Fsp3) is 0.192. The van der Waals surface area contributed by atoms with E-state index < -0.39 is 6.17 Å². The number of aromatic nitrogens is 1. The molecule has 0 radical (unpaired) electrons. The van der Waals surface area contributed by atoms with Crippen molar-refractivity contribution in [3.05, 3.63) is 99.3 Å². The summed E-state index contributed by atoms with van der Waals surface area (Å²) in [5, 5.41) is 3.37. The van der Waals surface area contributed by atoms with Crippen LogP contribution in [0.4, 0.5) is 11.5 Å². The maximum Gasteiger partial charge on any atom is 0.254 e. The van der Waals surface area contributed by atoms with Crippen molar-refractivity contribution in [3.63, 3.8) is 0 Å². The van der Waals surface area contributed by atoms with Crippen molar-refractivity contribution in [2.24, 2.45) is 9.98 Å². The first-order valence-electron chi connectivity index (χ1n) is 10.4. The van der Waals surface area contributed by atoms with Crippen LogP contribution < -0.4 is 10.9 Å². The number of anilines is 1. The van der Waals surface area contributed by atoms with E-state index >= 15 is 0 Å². The van der Waals surface area contributed by atoms with Crippen molar-refractivity contribution in [3.8, 4) is 0 Å².